The fourth-order valence-electron chi connectivity index (χ4n) is 2.71. The second kappa shape index (κ2) is 6.53. The number of hydrogen-bond acceptors (Lipinski definition) is 6. The van der Waals surface area contributed by atoms with Gasteiger partial charge in [0.15, 0.2) is 0 Å². The molecule has 1 saturated heterocycles. The molecule has 0 spiro atoms. The van der Waals surface area contributed by atoms with Gasteiger partial charge < -0.3 is 14.1 Å². The van der Waals surface area contributed by atoms with Gasteiger partial charge in [-0.1, -0.05) is 0 Å². The van der Waals surface area contributed by atoms with Crippen molar-refractivity contribution in [1.82, 2.24) is 4.98 Å². The molecule has 2 aromatic rings. The molecule has 1 atom stereocenters. The number of rotatable bonds is 3. The maximum atomic E-state index is 12.2. The molecule has 0 aliphatic carbocycles. The van der Waals surface area contributed by atoms with Crippen molar-refractivity contribution in [2.75, 3.05) is 18.0 Å². The zero-order valence-corrected chi connectivity index (χ0v) is 12.9. The molecule has 0 aromatic carbocycles. The van der Waals surface area contributed by atoms with Crippen molar-refractivity contribution in [3.05, 3.63) is 47.5 Å². The maximum Gasteiger partial charge on any atom is 0.342 e. The van der Waals surface area contributed by atoms with Crippen molar-refractivity contribution < 1.29 is 13.9 Å². The molecular weight excluding hydrogens is 294 g/mol. The highest BCUT2D eigenvalue weighted by molar-refractivity contribution is 5.90. The van der Waals surface area contributed by atoms with Gasteiger partial charge >= 0.3 is 5.97 Å². The number of anilines is 1. The van der Waals surface area contributed by atoms with Gasteiger partial charge in [-0.3, -0.25) is 0 Å². The van der Waals surface area contributed by atoms with E-state index in [4.69, 9.17) is 14.4 Å². The highest BCUT2D eigenvalue weighted by atomic mass is 16.5. The summed E-state index contributed by atoms with van der Waals surface area (Å²) in [6, 6.07) is 7.16. The largest absolute Gasteiger partial charge is 0.469 e. The van der Waals surface area contributed by atoms with Gasteiger partial charge in [-0.25, -0.2) is 9.78 Å². The third-order valence-electron chi connectivity index (χ3n) is 3.93. The molecule has 0 saturated carbocycles. The minimum Gasteiger partial charge on any atom is -0.469 e. The molecule has 6 heteroatoms. The van der Waals surface area contributed by atoms with Gasteiger partial charge in [0.25, 0.3) is 0 Å². The quantitative estimate of drug-likeness (QED) is 0.811. The highest BCUT2D eigenvalue weighted by Gasteiger charge is 2.25. The van der Waals surface area contributed by atoms with E-state index in [0.29, 0.717) is 23.4 Å². The van der Waals surface area contributed by atoms with Crippen LogP contribution in [0, 0.1) is 18.3 Å². The number of aromatic nitrogens is 1. The first kappa shape index (κ1) is 15.1. The highest BCUT2D eigenvalue weighted by Crippen LogP contribution is 2.21. The van der Waals surface area contributed by atoms with Crippen LogP contribution in [-0.2, 0) is 4.74 Å². The van der Waals surface area contributed by atoms with Gasteiger partial charge in [-0.15, -0.1) is 0 Å². The molecule has 0 radical (unpaired) electrons. The van der Waals surface area contributed by atoms with E-state index in [-0.39, 0.29) is 12.1 Å². The Kier molecular flexibility index (Phi) is 4.29. The Bertz CT molecular complexity index is 748. The summed E-state index contributed by atoms with van der Waals surface area (Å²) in [6.45, 7) is 3.15. The van der Waals surface area contributed by atoms with Crippen LogP contribution >= 0.6 is 0 Å². The minimum absolute atomic E-state index is 0.196. The lowest BCUT2D eigenvalue weighted by Gasteiger charge is -2.33. The maximum absolute atomic E-state index is 12.2. The van der Waals surface area contributed by atoms with Gasteiger partial charge in [-0.05, 0) is 38.0 Å². The number of hydrogen-bond donors (Lipinski definition) is 0. The summed E-state index contributed by atoms with van der Waals surface area (Å²) in [6.07, 6.45) is 4.63. The molecule has 118 valence electrons. The number of ether oxygens (including phenoxy) is 1. The predicted octanol–water partition coefficient (Wildman–Crippen LogP) is 2.68. The van der Waals surface area contributed by atoms with E-state index in [1.54, 1.807) is 31.3 Å². The number of piperidine rings is 1. The Morgan fingerprint density at radius 1 is 1.52 bits per heavy atom. The molecule has 0 bridgehead atoms. The molecule has 23 heavy (non-hydrogen) atoms. The van der Waals surface area contributed by atoms with Gasteiger partial charge in [0.05, 0.1) is 24.4 Å². The number of furan rings is 1. The monoisotopic (exact) mass is 311 g/mol. The molecule has 3 heterocycles. The molecule has 1 aliphatic heterocycles. The molecule has 2 aromatic heterocycles. The van der Waals surface area contributed by atoms with Crippen LogP contribution < -0.4 is 4.90 Å². The van der Waals surface area contributed by atoms with Crippen molar-refractivity contribution in [1.29, 1.82) is 5.26 Å². The topological polar surface area (TPSA) is 79.4 Å². The van der Waals surface area contributed by atoms with E-state index < -0.39 is 0 Å². The van der Waals surface area contributed by atoms with Crippen LogP contribution in [0.4, 0.5) is 5.82 Å². The summed E-state index contributed by atoms with van der Waals surface area (Å²) in [7, 11) is 0. The SMILES string of the molecule is Cc1occc1C(=O)O[C@H]1CCCN(c2cc(C#N)ccn2)C1. The standard InChI is InChI=1S/C17H17N3O3/c1-12-15(5-8-22-12)17(21)23-14-3-2-7-20(11-14)16-9-13(10-18)4-6-19-16/h4-6,8-9,14H,2-3,7,11H2,1H3/t14-/m0/s1. The average molecular weight is 311 g/mol. The van der Waals surface area contributed by atoms with Gasteiger partial charge in [0.2, 0.25) is 0 Å². The second-order valence-electron chi connectivity index (χ2n) is 5.52. The summed E-state index contributed by atoms with van der Waals surface area (Å²) in [4.78, 5) is 18.5. The van der Waals surface area contributed by atoms with Crippen LogP contribution in [0.3, 0.4) is 0 Å². The van der Waals surface area contributed by atoms with Crippen molar-refractivity contribution >= 4 is 11.8 Å². The molecule has 0 amide bonds. The fraction of sp³-hybridized carbons (Fsp3) is 0.353. The predicted molar refractivity (Wildman–Crippen MR) is 83.0 cm³/mol. The first-order valence-corrected chi connectivity index (χ1v) is 7.53. The normalized spacial score (nSPS) is 17.6. The first-order valence-electron chi connectivity index (χ1n) is 7.53. The van der Waals surface area contributed by atoms with E-state index >= 15 is 0 Å². The van der Waals surface area contributed by atoms with E-state index in [1.807, 2.05) is 4.90 Å². The Morgan fingerprint density at radius 2 is 2.39 bits per heavy atom. The average Bonchev–Trinajstić information content (AvgIpc) is 3.01. The third-order valence-corrected chi connectivity index (χ3v) is 3.93. The Balaban J connectivity index is 1.67. The summed E-state index contributed by atoms with van der Waals surface area (Å²) in [5, 5.41) is 8.99. The zero-order chi connectivity index (χ0) is 16.2. The number of carbonyl (C=O) groups is 1. The lowest BCUT2D eigenvalue weighted by molar-refractivity contribution is 0.0267. The van der Waals surface area contributed by atoms with Gasteiger partial charge in [0, 0.05) is 12.7 Å². The molecule has 6 nitrogen and oxygen atoms in total. The zero-order valence-electron chi connectivity index (χ0n) is 12.9. The molecule has 0 unspecified atom stereocenters. The van der Waals surface area contributed by atoms with Crippen LogP contribution in [0.1, 0.15) is 34.5 Å². The Morgan fingerprint density at radius 3 is 3.13 bits per heavy atom. The van der Waals surface area contributed by atoms with Crippen LogP contribution in [0.5, 0.6) is 0 Å². The number of esters is 1. The first-order chi connectivity index (χ1) is 11.2. The van der Waals surface area contributed by atoms with Crippen LogP contribution in [0.15, 0.2) is 35.1 Å². The van der Waals surface area contributed by atoms with Crippen LogP contribution in [-0.4, -0.2) is 30.1 Å². The fourth-order valence-corrected chi connectivity index (χ4v) is 2.71. The summed E-state index contributed by atoms with van der Waals surface area (Å²) in [5.74, 6) is 0.942. The summed E-state index contributed by atoms with van der Waals surface area (Å²) < 4.78 is 10.7. The number of aryl methyl sites for hydroxylation is 1. The Labute approximate surface area is 134 Å². The third kappa shape index (κ3) is 3.34. The van der Waals surface area contributed by atoms with Gasteiger partial charge in [0.1, 0.15) is 23.2 Å². The Hall–Kier alpha value is -2.81. The van der Waals surface area contributed by atoms with E-state index in [1.165, 1.54) is 6.26 Å². The van der Waals surface area contributed by atoms with Crippen molar-refractivity contribution in [2.45, 2.75) is 25.9 Å². The molecule has 3 rings (SSSR count). The molecule has 0 N–H and O–H groups in total. The van der Waals surface area contributed by atoms with E-state index in [2.05, 4.69) is 11.1 Å². The lowest BCUT2D eigenvalue weighted by atomic mass is 10.1. The molecule has 1 fully saturated rings. The molecular formula is C17H17N3O3. The summed E-state index contributed by atoms with van der Waals surface area (Å²) >= 11 is 0. The number of carbonyl (C=O) groups excluding carboxylic acids is 1. The smallest absolute Gasteiger partial charge is 0.342 e. The lowest BCUT2D eigenvalue weighted by Crippen LogP contribution is -2.41. The number of pyridine rings is 1. The van der Waals surface area contributed by atoms with Gasteiger partial charge in [-0.2, -0.15) is 5.26 Å². The van der Waals surface area contributed by atoms with Crippen LogP contribution in [0.2, 0.25) is 0 Å². The van der Waals surface area contributed by atoms with Crippen molar-refractivity contribution in [3.63, 3.8) is 0 Å². The number of nitrogens with zero attached hydrogens (tertiary/aromatic N) is 3. The second-order valence-corrected chi connectivity index (χ2v) is 5.52. The molecule has 1 aliphatic rings. The van der Waals surface area contributed by atoms with Crippen molar-refractivity contribution in [3.8, 4) is 6.07 Å². The summed E-state index contributed by atoms with van der Waals surface area (Å²) in [5.41, 5.74) is 1.04. The number of nitriles is 1. The van der Waals surface area contributed by atoms with E-state index in [0.717, 1.165) is 25.2 Å². The van der Waals surface area contributed by atoms with Crippen molar-refractivity contribution in [2.24, 2.45) is 0 Å². The minimum atomic E-state index is -0.359. The van der Waals surface area contributed by atoms with E-state index in [9.17, 15) is 4.79 Å². The van der Waals surface area contributed by atoms with Crippen LogP contribution in [0.25, 0.3) is 0 Å².